The Morgan fingerprint density at radius 3 is 2.83 bits per heavy atom. The van der Waals surface area contributed by atoms with Crippen LogP contribution in [0.25, 0.3) is 0 Å². The number of nitrogens with zero attached hydrogens (tertiary/aromatic N) is 2. The third-order valence-electron chi connectivity index (χ3n) is 4.00. The number of piperazine rings is 1. The number of nitrogen functional groups attached to an aromatic ring is 1. The summed E-state index contributed by atoms with van der Waals surface area (Å²) in [7, 11) is 1.62. The van der Waals surface area contributed by atoms with Crippen LogP contribution >= 0.6 is 11.3 Å². The molecule has 1 aliphatic rings. The van der Waals surface area contributed by atoms with Crippen LogP contribution in [0.1, 0.15) is 15.2 Å². The Balaban J connectivity index is 1.64. The van der Waals surface area contributed by atoms with E-state index >= 15 is 0 Å². The molecule has 0 unspecified atom stereocenters. The number of methoxy groups -OCH3 is 1. The number of ether oxygens (including phenoxy) is 1. The molecule has 6 nitrogen and oxygen atoms in total. The number of hydrogen-bond donors (Lipinski definition) is 1. The predicted molar refractivity (Wildman–Crippen MR) is 93.0 cm³/mol. The van der Waals surface area contributed by atoms with Gasteiger partial charge in [-0.1, -0.05) is 12.1 Å². The van der Waals surface area contributed by atoms with Gasteiger partial charge in [-0.2, -0.15) is 0 Å². The van der Waals surface area contributed by atoms with Gasteiger partial charge in [-0.3, -0.25) is 9.59 Å². The van der Waals surface area contributed by atoms with Gasteiger partial charge in [0.1, 0.15) is 17.2 Å². The van der Waals surface area contributed by atoms with Crippen molar-refractivity contribution in [1.82, 2.24) is 9.80 Å². The van der Waals surface area contributed by atoms with Crippen LogP contribution in [-0.4, -0.2) is 48.4 Å². The van der Waals surface area contributed by atoms with Crippen molar-refractivity contribution in [3.05, 3.63) is 46.2 Å². The minimum absolute atomic E-state index is 0.0625. The number of carbonyl (C=O) groups excluding carboxylic acids is 2. The molecule has 1 fully saturated rings. The topological polar surface area (TPSA) is 75.9 Å². The average molecular weight is 345 g/mol. The lowest BCUT2D eigenvalue weighted by molar-refractivity contribution is -0.135. The van der Waals surface area contributed by atoms with Crippen molar-refractivity contribution in [2.24, 2.45) is 0 Å². The van der Waals surface area contributed by atoms with E-state index in [-0.39, 0.29) is 18.4 Å². The van der Waals surface area contributed by atoms with Crippen molar-refractivity contribution in [3.8, 4) is 5.75 Å². The first kappa shape index (κ1) is 16.3. The molecule has 1 saturated heterocycles. The molecule has 1 aromatic carbocycles. The first-order chi connectivity index (χ1) is 11.6. The molecule has 0 saturated carbocycles. The van der Waals surface area contributed by atoms with E-state index in [9.17, 15) is 9.59 Å². The van der Waals surface area contributed by atoms with Crippen molar-refractivity contribution < 1.29 is 14.3 Å². The van der Waals surface area contributed by atoms with Crippen molar-refractivity contribution in [1.29, 1.82) is 0 Å². The Bertz CT molecular complexity index is 759. The smallest absolute Gasteiger partial charge is 0.266 e. The molecule has 0 atom stereocenters. The minimum Gasteiger partial charge on any atom is -0.497 e. The van der Waals surface area contributed by atoms with Gasteiger partial charge in [0.25, 0.3) is 5.91 Å². The van der Waals surface area contributed by atoms with Crippen LogP contribution < -0.4 is 10.5 Å². The van der Waals surface area contributed by atoms with Gasteiger partial charge in [0.05, 0.1) is 12.8 Å². The molecular formula is C17H19N3O3S. The largest absolute Gasteiger partial charge is 0.497 e. The monoisotopic (exact) mass is 345 g/mol. The van der Waals surface area contributed by atoms with Crippen molar-refractivity contribution in [2.45, 2.75) is 6.54 Å². The second-order valence-corrected chi connectivity index (χ2v) is 6.51. The third kappa shape index (κ3) is 3.35. The van der Waals surface area contributed by atoms with Crippen LogP contribution in [-0.2, 0) is 11.3 Å². The predicted octanol–water partition coefficient (Wildman–Crippen LogP) is 1.82. The second kappa shape index (κ2) is 6.92. The van der Waals surface area contributed by atoms with Gasteiger partial charge in [0.2, 0.25) is 5.91 Å². The number of anilines is 1. The van der Waals surface area contributed by atoms with Gasteiger partial charge < -0.3 is 20.3 Å². The molecule has 3 rings (SSSR count). The Kier molecular flexibility index (Phi) is 4.71. The highest BCUT2D eigenvalue weighted by molar-refractivity contribution is 7.12. The van der Waals surface area contributed by atoms with E-state index in [4.69, 9.17) is 10.5 Å². The molecule has 2 amide bonds. The fourth-order valence-electron chi connectivity index (χ4n) is 2.68. The highest BCUT2D eigenvalue weighted by atomic mass is 32.1. The average Bonchev–Trinajstić information content (AvgIpc) is 3.02. The van der Waals surface area contributed by atoms with Crippen LogP contribution in [0.5, 0.6) is 5.75 Å². The van der Waals surface area contributed by atoms with Gasteiger partial charge in [0.15, 0.2) is 0 Å². The quantitative estimate of drug-likeness (QED) is 0.917. The van der Waals surface area contributed by atoms with Crippen LogP contribution in [0.2, 0.25) is 0 Å². The molecule has 2 N–H and O–H groups in total. The molecule has 0 spiro atoms. The second-order valence-electron chi connectivity index (χ2n) is 5.60. The van der Waals surface area contributed by atoms with Gasteiger partial charge in [-0.25, -0.2) is 0 Å². The molecule has 2 heterocycles. The molecular weight excluding hydrogens is 326 g/mol. The summed E-state index contributed by atoms with van der Waals surface area (Å²) in [5.41, 5.74) is 7.27. The zero-order chi connectivity index (χ0) is 17.1. The number of thiophene rings is 1. The number of benzene rings is 1. The lowest BCUT2D eigenvalue weighted by Crippen LogP contribution is -2.51. The summed E-state index contributed by atoms with van der Waals surface area (Å²) < 4.78 is 5.20. The number of nitrogens with two attached hydrogens (primary N) is 1. The maximum Gasteiger partial charge on any atom is 0.266 e. The highest BCUT2D eigenvalue weighted by Gasteiger charge is 2.29. The summed E-state index contributed by atoms with van der Waals surface area (Å²) in [5.74, 6) is 0.534. The maximum absolute atomic E-state index is 12.4. The zero-order valence-electron chi connectivity index (χ0n) is 13.4. The Morgan fingerprint density at radius 1 is 1.33 bits per heavy atom. The fraction of sp³-hybridized carbons (Fsp3) is 0.294. The normalized spacial score (nSPS) is 14.8. The fourth-order valence-corrected chi connectivity index (χ4v) is 3.46. The van der Waals surface area contributed by atoms with E-state index in [2.05, 4.69) is 0 Å². The molecule has 0 bridgehead atoms. The summed E-state index contributed by atoms with van der Waals surface area (Å²) in [6.45, 7) is 1.61. The minimum atomic E-state index is -0.170. The first-order valence-corrected chi connectivity index (χ1v) is 8.49. The lowest BCUT2D eigenvalue weighted by atomic mass is 10.2. The Hall–Kier alpha value is -2.54. The van der Waals surface area contributed by atoms with Crippen molar-refractivity contribution >= 4 is 28.8 Å². The Labute approximate surface area is 144 Å². The van der Waals surface area contributed by atoms with Gasteiger partial charge >= 0.3 is 0 Å². The summed E-state index contributed by atoms with van der Waals surface area (Å²) >= 11 is 1.31. The number of hydrogen-bond acceptors (Lipinski definition) is 5. The first-order valence-electron chi connectivity index (χ1n) is 7.61. The van der Waals surface area contributed by atoms with E-state index in [0.29, 0.717) is 30.2 Å². The zero-order valence-corrected chi connectivity index (χ0v) is 14.2. The molecule has 2 aromatic rings. The third-order valence-corrected chi connectivity index (χ3v) is 4.92. The standard InChI is InChI=1S/C17H19N3O3S/c1-23-13-4-2-3-12(9-13)10-19-6-7-20(11-15(19)21)17(22)16-14(18)5-8-24-16/h2-5,8-9H,6-7,10-11,18H2,1H3. The molecule has 24 heavy (non-hydrogen) atoms. The van der Waals surface area contributed by atoms with E-state index in [1.54, 1.807) is 28.4 Å². The molecule has 1 aromatic heterocycles. The summed E-state index contributed by atoms with van der Waals surface area (Å²) in [6.07, 6.45) is 0. The molecule has 0 radical (unpaired) electrons. The van der Waals surface area contributed by atoms with Crippen LogP contribution in [0.4, 0.5) is 5.69 Å². The van der Waals surface area contributed by atoms with E-state index < -0.39 is 0 Å². The molecule has 1 aliphatic heterocycles. The summed E-state index contributed by atoms with van der Waals surface area (Å²) in [6, 6.07) is 9.35. The van der Waals surface area contributed by atoms with Crippen LogP contribution in [0.3, 0.4) is 0 Å². The summed E-state index contributed by atoms with van der Waals surface area (Å²) in [5, 5.41) is 1.78. The molecule has 7 heteroatoms. The molecule has 126 valence electrons. The van der Waals surface area contributed by atoms with Crippen LogP contribution in [0.15, 0.2) is 35.7 Å². The van der Waals surface area contributed by atoms with E-state index in [1.807, 2.05) is 24.3 Å². The maximum atomic E-state index is 12.4. The highest BCUT2D eigenvalue weighted by Crippen LogP contribution is 2.22. The Morgan fingerprint density at radius 2 is 2.17 bits per heavy atom. The summed E-state index contributed by atoms with van der Waals surface area (Å²) in [4.78, 5) is 28.7. The van der Waals surface area contributed by atoms with Gasteiger partial charge in [-0.15, -0.1) is 11.3 Å². The van der Waals surface area contributed by atoms with E-state index in [1.165, 1.54) is 11.3 Å². The van der Waals surface area contributed by atoms with Gasteiger partial charge in [-0.05, 0) is 29.1 Å². The number of rotatable bonds is 4. The number of carbonyl (C=O) groups is 2. The molecule has 0 aliphatic carbocycles. The van der Waals surface area contributed by atoms with Crippen LogP contribution in [0, 0.1) is 0 Å². The van der Waals surface area contributed by atoms with Crippen molar-refractivity contribution in [2.75, 3.05) is 32.5 Å². The SMILES string of the molecule is COc1cccc(CN2CCN(C(=O)c3sccc3N)CC2=O)c1. The number of amides is 2. The van der Waals surface area contributed by atoms with Crippen molar-refractivity contribution in [3.63, 3.8) is 0 Å². The lowest BCUT2D eigenvalue weighted by Gasteiger charge is -2.34. The van der Waals surface area contributed by atoms with E-state index in [0.717, 1.165) is 11.3 Å². The van der Waals surface area contributed by atoms with Gasteiger partial charge in [0, 0.05) is 19.6 Å².